The van der Waals surface area contributed by atoms with Gasteiger partial charge in [0.1, 0.15) is 12.4 Å². The van der Waals surface area contributed by atoms with Gasteiger partial charge in [-0.1, -0.05) is 40.2 Å². The first-order valence-electron chi connectivity index (χ1n) is 8.56. The molecule has 29 heavy (non-hydrogen) atoms. The van der Waals surface area contributed by atoms with Gasteiger partial charge in [-0.15, -0.1) is 0 Å². The zero-order valence-corrected chi connectivity index (χ0v) is 16.7. The number of rotatable bonds is 7. The number of nitro groups is 1. The summed E-state index contributed by atoms with van der Waals surface area (Å²) in [7, 11) is 0. The van der Waals surface area contributed by atoms with Crippen LogP contribution in [0.2, 0.25) is 0 Å². The van der Waals surface area contributed by atoms with Crippen molar-refractivity contribution in [2.45, 2.75) is 6.61 Å². The number of carbonyl (C=O) groups excluding carboxylic acids is 1. The Balaban J connectivity index is 1.56. The fraction of sp³-hybridized carbons (Fsp3) is 0.0476. The summed E-state index contributed by atoms with van der Waals surface area (Å²) >= 11 is 3.40. The lowest BCUT2D eigenvalue weighted by atomic mass is 10.2. The van der Waals surface area contributed by atoms with E-state index in [1.807, 2.05) is 42.5 Å². The zero-order chi connectivity index (χ0) is 20.6. The first-order valence-corrected chi connectivity index (χ1v) is 9.36. The minimum Gasteiger partial charge on any atom is -0.489 e. The molecular weight excluding hydrogens is 438 g/mol. The van der Waals surface area contributed by atoms with E-state index in [0.29, 0.717) is 12.4 Å². The Morgan fingerprint density at radius 1 is 1.10 bits per heavy atom. The third-order valence-corrected chi connectivity index (χ3v) is 4.43. The first-order chi connectivity index (χ1) is 14.0. The molecule has 0 fully saturated rings. The van der Waals surface area contributed by atoms with Gasteiger partial charge in [-0.2, -0.15) is 5.10 Å². The number of hydrogen-bond donors (Lipinski definition) is 1. The number of carbonyl (C=O) groups is 1. The minimum atomic E-state index is -0.522. The summed E-state index contributed by atoms with van der Waals surface area (Å²) in [5.74, 6) is 0.220. The van der Waals surface area contributed by atoms with Crippen LogP contribution in [0.1, 0.15) is 21.5 Å². The minimum absolute atomic E-state index is 0.0787. The predicted octanol–water partition coefficient (Wildman–Crippen LogP) is 4.70. The SMILES string of the molecule is O=C(NN=Cc1cccc(OCc2ccc(Br)cc2)c1)c1ccc([N+](=O)[O-])cc1. The molecule has 0 saturated carbocycles. The van der Waals surface area contributed by atoms with Crippen molar-refractivity contribution in [3.63, 3.8) is 0 Å². The average molecular weight is 454 g/mol. The van der Waals surface area contributed by atoms with E-state index in [1.54, 1.807) is 6.07 Å². The Kier molecular flexibility index (Phi) is 6.70. The summed E-state index contributed by atoms with van der Waals surface area (Å²) in [5, 5.41) is 14.6. The number of benzene rings is 3. The molecule has 7 nitrogen and oxygen atoms in total. The fourth-order valence-corrected chi connectivity index (χ4v) is 2.66. The number of nitrogens with one attached hydrogen (secondary N) is 1. The highest BCUT2D eigenvalue weighted by molar-refractivity contribution is 9.10. The van der Waals surface area contributed by atoms with Crippen LogP contribution in [0.25, 0.3) is 0 Å². The molecular formula is C21H16BrN3O4. The molecule has 0 saturated heterocycles. The predicted molar refractivity (Wildman–Crippen MR) is 113 cm³/mol. The van der Waals surface area contributed by atoms with Gasteiger partial charge in [0.05, 0.1) is 11.1 Å². The standard InChI is InChI=1S/C21H16BrN3O4/c22-18-8-4-15(5-9-18)14-29-20-3-1-2-16(12-20)13-23-24-21(26)17-6-10-19(11-7-17)25(27)28/h1-13H,14H2,(H,24,26). The van der Waals surface area contributed by atoms with Crippen LogP contribution in [0.3, 0.4) is 0 Å². The molecule has 0 aliphatic carbocycles. The van der Waals surface area contributed by atoms with Crippen LogP contribution in [0.4, 0.5) is 5.69 Å². The van der Waals surface area contributed by atoms with Crippen LogP contribution in [0, 0.1) is 10.1 Å². The van der Waals surface area contributed by atoms with Gasteiger partial charge in [-0.3, -0.25) is 14.9 Å². The van der Waals surface area contributed by atoms with Crippen molar-refractivity contribution in [3.8, 4) is 5.75 Å². The number of hydrazone groups is 1. The second-order valence-electron chi connectivity index (χ2n) is 5.99. The normalized spacial score (nSPS) is 10.7. The van der Waals surface area contributed by atoms with Crippen molar-refractivity contribution < 1.29 is 14.5 Å². The highest BCUT2D eigenvalue weighted by Crippen LogP contribution is 2.16. The Hall–Kier alpha value is -3.52. The summed E-state index contributed by atoms with van der Waals surface area (Å²) < 4.78 is 6.79. The molecule has 146 valence electrons. The Morgan fingerprint density at radius 2 is 1.83 bits per heavy atom. The van der Waals surface area contributed by atoms with Crippen molar-refractivity contribution in [1.29, 1.82) is 0 Å². The molecule has 0 aliphatic rings. The molecule has 0 spiro atoms. The van der Waals surface area contributed by atoms with E-state index in [9.17, 15) is 14.9 Å². The Bertz CT molecular complexity index is 1030. The van der Waals surface area contributed by atoms with Crippen molar-refractivity contribution in [1.82, 2.24) is 5.43 Å². The molecule has 0 heterocycles. The summed E-state index contributed by atoms with van der Waals surface area (Å²) in [6, 6.07) is 20.4. The second-order valence-corrected chi connectivity index (χ2v) is 6.91. The molecule has 0 bridgehead atoms. The quantitative estimate of drug-likeness (QED) is 0.318. The summed E-state index contributed by atoms with van der Waals surface area (Å²) in [6.45, 7) is 0.435. The molecule has 3 rings (SSSR count). The van der Waals surface area contributed by atoms with Gasteiger partial charge < -0.3 is 4.74 Å². The van der Waals surface area contributed by atoms with E-state index >= 15 is 0 Å². The topological polar surface area (TPSA) is 93.8 Å². The Labute approximate surface area is 175 Å². The van der Waals surface area contributed by atoms with Gasteiger partial charge in [0.2, 0.25) is 0 Å². The van der Waals surface area contributed by atoms with Crippen molar-refractivity contribution >= 4 is 33.7 Å². The molecule has 0 atom stereocenters. The third-order valence-electron chi connectivity index (χ3n) is 3.90. The van der Waals surface area contributed by atoms with Gasteiger partial charge in [-0.25, -0.2) is 5.43 Å². The van der Waals surface area contributed by atoms with Crippen LogP contribution in [0.5, 0.6) is 5.75 Å². The number of non-ortho nitro benzene ring substituents is 1. The lowest BCUT2D eigenvalue weighted by Gasteiger charge is -2.07. The first kappa shape index (κ1) is 20.2. The van der Waals surface area contributed by atoms with Crippen LogP contribution in [0.15, 0.2) is 82.4 Å². The maximum Gasteiger partial charge on any atom is 0.271 e. The van der Waals surface area contributed by atoms with Gasteiger partial charge in [0.25, 0.3) is 11.6 Å². The molecule has 3 aromatic rings. The lowest BCUT2D eigenvalue weighted by molar-refractivity contribution is -0.384. The second kappa shape index (κ2) is 9.61. The number of amides is 1. The smallest absolute Gasteiger partial charge is 0.271 e. The number of ether oxygens (including phenoxy) is 1. The molecule has 0 aliphatic heterocycles. The molecule has 8 heteroatoms. The highest BCUT2D eigenvalue weighted by atomic mass is 79.9. The maximum atomic E-state index is 12.0. The van der Waals surface area contributed by atoms with Crippen molar-refractivity contribution in [3.05, 3.63) is 104 Å². The van der Waals surface area contributed by atoms with Crippen LogP contribution in [-0.2, 0) is 6.61 Å². The molecule has 1 N–H and O–H groups in total. The fourth-order valence-electron chi connectivity index (χ4n) is 2.40. The van der Waals surface area contributed by atoms with E-state index in [2.05, 4.69) is 26.5 Å². The van der Waals surface area contributed by atoms with Crippen LogP contribution in [-0.4, -0.2) is 17.0 Å². The molecule has 0 aromatic heterocycles. The van der Waals surface area contributed by atoms with E-state index < -0.39 is 10.8 Å². The average Bonchev–Trinajstić information content (AvgIpc) is 2.73. The number of halogens is 1. The van der Waals surface area contributed by atoms with Crippen molar-refractivity contribution in [2.24, 2.45) is 5.10 Å². The number of nitro benzene ring substituents is 1. The van der Waals surface area contributed by atoms with Crippen LogP contribution < -0.4 is 10.2 Å². The van der Waals surface area contributed by atoms with Gasteiger partial charge in [-0.05, 0) is 47.5 Å². The molecule has 0 radical (unpaired) electrons. The number of nitrogens with zero attached hydrogens (tertiary/aromatic N) is 2. The summed E-state index contributed by atoms with van der Waals surface area (Å²) in [5.41, 5.74) is 4.39. The van der Waals surface area contributed by atoms with E-state index in [0.717, 1.165) is 15.6 Å². The lowest BCUT2D eigenvalue weighted by Crippen LogP contribution is -2.17. The molecule has 1 amide bonds. The zero-order valence-electron chi connectivity index (χ0n) is 15.1. The van der Waals surface area contributed by atoms with Crippen molar-refractivity contribution in [2.75, 3.05) is 0 Å². The monoisotopic (exact) mass is 453 g/mol. The number of hydrogen-bond acceptors (Lipinski definition) is 5. The molecule has 3 aromatic carbocycles. The van der Waals surface area contributed by atoms with Gasteiger partial charge in [0.15, 0.2) is 0 Å². The van der Waals surface area contributed by atoms with Gasteiger partial charge >= 0.3 is 0 Å². The highest BCUT2D eigenvalue weighted by Gasteiger charge is 2.08. The Morgan fingerprint density at radius 3 is 2.52 bits per heavy atom. The summed E-state index contributed by atoms with van der Waals surface area (Å²) in [6.07, 6.45) is 1.50. The maximum absolute atomic E-state index is 12.0. The van der Waals surface area contributed by atoms with Crippen LogP contribution >= 0.6 is 15.9 Å². The summed E-state index contributed by atoms with van der Waals surface area (Å²) in [4.78, 5) is 22.2. The third kappa shape index (κ3) is 5.98. The molecule has 0 unspecified atom stereocenters. The van der Waals surface area contributed by atoms with E-state index in [-0.39, 0.29) is 11.3 Å². The van der Waals surface area contributed by atoms with Gasteiger partial charge in [0, 0.05) is 22.2 Å². The van der Waals surface area contributed by atoms with E-state index in [4.69, 9.17) is 4.74 Å². The largest absolute Gasteiger partial charge is 0.489 e. The van der Waals surface area contributed by atoms with E-state index in [1.165, 1.54) is 30.5 Å².